The third-order valence-electron chi connectivity index (χ3n) is 3.42. The molecule has 1 aliphatic heterocycles. The Morgan fingerprint density at radius 3 is 2.82 bits per heavy atom. The number of aryl methyl sites for hydroxylation is 1. The van der Waals surface area contributed by atoms with Crippen LogP contribution < -0.4 is 10.6 Å². The van der Waals surface area contributed by atoms with E-state index >= 15 is 0 Å². The summed E-state index contributed by atoms with van der Waals surface area (Å²) in [6, 6.07) is 6.63. The van der Waals surface area contributed by atoms with Crippen LogP contribution in [0.1, 0.15) is 44.2 Å². The van der Waals surface area contributed by atoms with Crippen LogP contribution in [0.5, 0.6) is 0 Å². The van der Waals surface area contributed by atoms with Gasteiger partial charge in [-0.15, -0.1) is 0 Å². The molecular formula is C15H24N2. The van der Waals surface area contributed by atoms with Crippen LogP contribution in [0.4, 0.5) is 5.69 Å². The molecule has 17 heavy (non-hydrogen) atoms. The van der Waals surface area contributed by atoms with Crippen molar-refractivity contribution in [2.75, 3.05) is 18.4 Å². The summed E-state index contributed by atoms with van der Waals surface area (Å²) in [6.45, 7) is 11.0. The van der Waals surface area contributed by atoms with Crippen molar-refractivity contribution in [2.45, 2.75) is 45.6 Å². The van der Waals surface area contributed by atoms with Gasteiger partial charge >= 0.3 is 0 Å². The summed E-state index contributed by atoms with van der Waals surface area (Å²) in [7, 11) is 0. The van der Waals surface area contributed by atoms with E-state index in [-0.39, 0.29) is 5.54 Å². The normalized spacial score (nSPS) is 19.6. The summed E-state index contributed by atoms with van der Waals surface area (Å²) in [5.41, 5.74) is 4.41. The molecule has 2 heteroatoms. The van der Waals surface area contributed by atoms with Crippen molar-refractivity contribution in [3.8, 4) is 0 Å². The molecule has 2 N–H and O–H groups in total. The number of fused-ring (bicyclic) bond motifs is 1. The topological polar surface area (TPSA) is 24.1 Å². The number of hydrogen-bond donors (Lipinski definition) is 2. The Morgan fingerprint density at radius 2 is 2.12 bits per heavy atom. The lowest BCUT2D eigenvalue weighted by Gasteiger charge is -2.31. The molecule has 0 saturated heterocycles. The molecule has 1 unspecified atom stereocenters. The van der Waals surface area contributed by atoms with Gasteiger partial charge in [-0.2, -0.15) is 0 Å². The molecule has 0 saturated carbocycles. The van der Waals surface area contributed by atoms with Gasteiger partial charge in [0.2, 0.25) is 0 Å². The van der Waals surface area contributed by atoms with Crippen LogP contribution >= 0.6 is 0 Å². The van der Waals surface area contributed by atoms with Gasteiger partial charge in [0.1, 0.15) is 0 Å². The predicted octanol–water partition coefficient (Wildman–Crippen LogP) is 3.28. The molecular weight excluding hydrogens is 208 g/mol. The van der Waals surface area contributed by atoms with E-state index in [0.29, 0.717) is 5.92 Å². The average molecular weight is 232 g/mol. The monoisotopic (exact) mass is 232 g/mol. The Bertz CT molecular complexity index is 390. The molecule has 1 atom stereocenters. The quantitative estimate of drug-likeness (QED) is 0.817. The Kier molecular flexibility index (Phi) is 3.43. The van der Waals surface area contributed by atoms with E-state index in [1.54, 1.807) is 0 Å². The number of rotatable bonds is 2. The van der Waals surface area contributed by atoms with E-state index in [1.807, 2.05) is 0 Å². The van der Waals surface area contributed by atoms with Gasteiger partial charge in [0.25, 0.3) is 0 Å². The molecule has 1 aromatic rings. The molecule has 0 spiro atoms. The molecule has 94 valence electrons. The van der Waals surface area contributed by atoms with Crippen LogP contribution in [-0.2, 0) is 0 Å². The van der Waals surface area contributed by atoms with Gasteiger partial charge in [0.05, 0.1) is 0 Å². The number of hydrogen-bond acceptors (Lipinski definition) is 2. The fourth-order valence-corrected chi connectivity index (χ4v) is 2.44. The lowest BCUT2D eigenvalue weighted by molar-refractivity contribution is 0.399. The van der Waals surface area contributed by atoms with Crippen molar-refractivity contribution in [3.63, 3.8) is 0 Å². The first-order valence-corrected chi connectivity index (χ1v) is 6.56. The van der Waals surface area contributed by atoms with Crippen LogP contribution in [0, 0.1) is 6.92 Å². The SMILES string of the molecule is Cc1cccc2c1NCCC2CNC(C)(C)C. The summed E-state index contributed by atoms with van der Waals surface area (Å²) in [4.78, 5) is 0. The highest BCUT2D eigenvalue weighted by Gasteiger charge is 2.22. The van der Waals surface area contributed by atoms with Crippen molar-refractivity contribution in [1.82, 2.24) is 5.32 Å². The molecule has 0 amide bonds. The smallest absolute Gasteiger partial charge is 0.0405 e. The summed E-state index contributed by atoms with van der Waals surface area (Å²) in [5.74, 6) is 0.644. The molecule has 0 radical (unpaired) electrons. The van der Waals surface area contributed by atoms with E-state index in [0.717, 1.165) is 13.1 Å². The van der Waals surface area contributed by atoms with Crippen molar-refractivity contribution >= 4 is 5.69 Å². The second kappa shape index (κ2) is 4.69. The molecule has 0 fully saturated rings. The largest absolute Gasteiger partial charge is 0.385 e. The fraction of sp³-hybridized carbons (Fsp3) is 0.600. The van der Waals surface area contributed by atoms with Crippen LogP contribution in [0.15, 0.2) is 18.2 Å². The molecule has 0 aliphatic carbocycles. The number of nitrogens with one attached hydrogen (secondary N) is 2. The van der Waals surface area contributed by atoms with Gasteiger partial charge in [0.15, 0.2) is 0 Å². The van der Waals surface area contributed by atoms with Crippen LogP contribution in [0.2, 0.25) is 0 Å². The van der Waals surface area contributed by atoms with Gasteiger partial charge in [-0.05, 0) is 45.2 Å². The Hall–Kier alpha value is -1.02. The van der Waals surface area contributed by atoms with Crippen molar-refractivity contribution in [3.05, 3.63) is 29.3 Å². The van der Waals surface area contributed by atoms with Gasteiger partial charge in [-0.1, -0.05) is 18.2 Å². The zero-order valence-electron chi connectivity index (χ0n) is 11.4. The van der Waals surface area contributed by atoms with E-state index in [2.05, 4.69) is 56.5 Å². The Morgan fingerprint density at radius 1 is 1.35 bits per heavy atom. The van der Waals surface area contributed by atoms with E-state index in [4.69, 9.17) is 0 Å². The maximum atomic E-state index is 3.62. The summed E-state index contributed by atoms with van der Waals surface area (Å²) < 4.78 is 0. The van der Waals surface area contributed by atoms with E-state index < -0.39 is 0 Å². The van der Waals surface area contributed by atoms with Gasteiger partial charge in [-0.25, -0.2) is 0 Å². The maximum Gasteiger partial charge on any atom is 0.0405 e. The zero-order valence-corrected chi connectivity index (χ0v) is 11.4. The first-order chi connectivity index (χ1) is 7.97. The molecule has 1 heterocycles. The molecule has 0 bridgehead atoms. The summed E-state index contributed by atoms with van der Waals surface area (Å²) in [6.07, 6.45) is 1.22. The summed E-state index contributed by atoms with van der Waals surface area (Å²) >= 11 is 0. The first kappa shape index (κ1) is 12.4. The van der Waals surface area contributed by atoms with Crippen LogP contribution in [0.3, 0.4) is 0 Å². The standard InChI is InChI=1S/C15H24N2/c1-11-6-5-7-13-12(8-9-16-14(11)13)10-17-15(2,3)4/h5-7,12,16-17H,8-10H2,1-4H3. The Balaban J connectivity index is 2.15. The predicted molar refractivity (Wildman–Crippen MR) is 74.8 cm³/mol. The summed E-state index contributed by atoms with van der Waals surface area (Å²) in [5, 5.41) is 7.15. The third-order valence-corrected chi connectivity index (χ3v) is 3.42. The van der Waals surface area contributed by atoms with Gasteiger partial charge in [-0.3, -0.25) is 0 Å². The highest BCUT2D eigenvalue weighted by Crippen LogP contribution is 2.33. The second-order valence-corrected chi connectivity index (χ2v) is 6.08. The van der Waals surface area contributed by atoms with Gasteiger partial charge < -0.3 is 10.6 Å². The minimum atomic E-state index is 0.203. The number of para-hydroxylation sites is 1. The maximum absolute atomic E-state index is 3.62. The minimum Gasteiger partial charge on any atom is -0.385 e. The molecule has 1 aromatic carbocycles. The molecule has 1 aliphatic rings. The highest BCUT2D eigenvalue weighted by atomic mass is 15.0. The van der Waals surface area contributed by atoms with E-state index in [1.165, 1.54) is 23.2 Å². The minimum absolute atomic E-state index is 0.203. The molecule has 2 nitrogen and oxygen atoms in total. The fourth-order valence-electron chi connectivity index (χ4n) is 2.44. The number of anilines is 1. The average Bonchev–Trinajstić information content (AvgIpc) is 2.26. The molecule has 2 rings (SSSR count). The van der Waals surface area contributed by atoms with Crippen LogP contribution in [0.25, 0.3) is 0 Å². The zero-order chi connectivity index (χ0) is 12.5. The van der Waals surface area contributed by atoms with Crippen molar-refractivity contribution < 1.29 is 0 Å². The van der Waals surface area contributed by atoms with E-state index in [9.17, 15) is 0 Å². The third kappa shape index (κ3) is 3.01. The van der Waals surface area contributed by atoms with Crippen molar-refractivity contribution in [1.29, 1.82) is 0 Å². The highest BCUT2D eigenvalue weighted by molar-refractivity contribution is 5.60. The van der Waals surface area contributed by atoms with Crippen LogP contribution in [-0.4, -0.2) is 18.6 Å². The molecule has 0 aromatic heterocycles. The first-order valence-electron chi connectivity index (χ1n) is 6.56. The lowest BCUT2D eigenvalue weighted by Crippen LogP contribution is -2.39. The Labute approximate surface area is 105 Å². The van der Waals surface area contributed by atoms with Gasteiger partial charge in [0, 0.05) is 30.2 Å². The lowest BCUT2D eigenvalue weighted by atomic mass is 9.88. The number of benzene rings is 1. The second-order valence-electron chi connectivity index (χ2n) is 6.08. The van der Waals surface area contributed by atoms with Crippen molar-refractivity contribution in [2.24, 2.45) is 0 Å².